The molecule has 0 amide bonds. The third kappa shape index (κ3) is 9.32. The molecular weight excluding hydrogens is 250 g/mol. The molecule has 6 nitrogen and oxygen atoms in total. The molecule has 0 spiro atoms. The SMILES string of the molecule is CCCOCCOCC[N+](CCO)(CCO)CCO. The first-order valence-corrected chi connectivity index (χ1v) is 7.08. The fraction of sp³-hybridized carbons (Fsp3) is 1.00. The maximum absolute atomic E-state index is 9.12. The summed E-state index contributed by atoms with van der Waals surface area (Å²) >= 11 is 0. The van der Waals surface area contributed by atoms with E-state index in [1.54, 1.807) is 0 Å². The summed E-state index contributed by atoms with van der Waals surface area (Å²) in [7, 11) is 0. The average molecular weight is 280 g/mol. The van der Waals surface area contributed by atoms with Gasteiger partial charge in [-0.1, -0.05) is 6.92 Å². The van der Waals surface area contributed by atoms with Crippen molar-refractivity contribution in [1.29, 1.82) is 0 Å². The summed E-state index contributed by atoms with van der Waals surface area (Å²) < 4.78 is 11.3. The third-order valence-corrected chi connectivity index (χ3v) is 3.15. The maximum atomic E-state index is 9.12. The lowest BCUT2D eigenvalue weighted by atomic mass is 10.3. The number of aliphatic hydroxyl groups excluding tert-OH is 3. The van der Waals surface area contributed by atoms with Gasteiger partial charge in [0.15, 0.2) is 0 Å². The van der Waals surface area contributed by atoms with E-state index in [1.807, 2.05) is 0 Å². The Balaban J connectivity index is 3.89. The monoisotopic (exact) mass is 280 g/mol. The van der Waals surface area contributed by atoms with Crippen molar-refractivity contribution in [3.8, 4) is 0 Å². The maximum Gasteiger partial charge on any atom is 0.103 e. The summed E-state index contributed by atoms with van der Waals surface area (Å²) in [6.07, 6.45) is 1.00. The van der Waals surface area contributed by atoms with Crippen LogP contribution >= 0.6 is 0 Å². The van der Waals surface area contributed by atoms with E-state index in [1.165, 1.54) is 0 Å². The summed E-state index contributed by atoms with van der Waals surface area (Å²) in [5, 5.41) is 27.3. The molecule has 0 unspecified atom stereocenters. The smallest absolute Gasteiger partial charge is 0.103 e. The zero-order valence-electron chi connectivity index (χ0n) is 12.1. The first kappa shape index (κ1) is 18.8. The number of hydrogen-bond donors (Lipinski definition) is 3. The standard InChI is InChI=1S/C13H30NO5/c1-2-10-18-12-13-19-11-6-14(3-7-15,4-8-16)5-9-17/h15-17H,2-13H2,1H3/q+1. The van der Waals surface area contributed by atoms with Crippen LogP contribution in [-0.4, -0.2) is 92.2 Å². The number of ether oxygens (including phenoxy) is 2. The van der Waals surface area contributed by atoms with Crippen LogP contribution in [0.5, 0.6) is 0 Å². The molecule has 0 rings (SSSR count). The highest BCUT2D eigenvalue weighted by atomic mass is 16.5. The minimum Gasteiger partial charge on any atom is -0.391 e. The Hall–Kier alpha value is -0.240. The van der Waals surface area contributed by atoms with Gasteiger partial charge in [0, 0.05) is 6.61 Å². The molecule has 0 saturated heterocycles. The molecule has 0 aliphatic heterocycles. The Kier molecular flexibility index (Phi) is 12.6. The second-order valence-corrected chi connectivity index (χ2v) is 4.63. The van der Waals surface area contributed by atoms with E-state index >= 15 is 0 Å². The zero-order chi connectivity index (χ0) is 14.4. The van der Waals surface area contributed by atoms with Crippen LogP contribution in [0.15, 0.2) is 0 Å². The largest absolute Gasteiger partial charge is 0.391 e. The highest BCUT2D eigenvalue weighted by Crippen LogP contribution is 2.05. The Bertz CT molecular complexity index is 175. The van der Waals surface area contributed by atoms with Crippen molar-refractivity contribution in [2.75, 3.05) is 72.4 Å². The second kappa shape index (κ2) is 12.8. The second-order valence-electron chi connectivity index (χ2n) is 4.63. The Labute approximate surface area is 116 Å². The van der Waals surface area contributed by atoms with Crippen molar-refractivity contribution in [2.24, 2.45) is 0 Å². The fourth-order valence-corrected chi connectivity index (χ4v) is 2.03. The van der Waals surface area contributed by atoms with Gasteiger partial charge in [0.2, 0.25) is 0 Å². The summed E-state index contributed by atoms with van der Waals surface area (Å²) in [5.41, 5.74) is 0. The topological polar surface area (TPSA) is 79.2 Å². The first-order chi connectivity index (χ1) is 9.24. The minimum atomic E-state index is 0.0413. The summed E-state index contributed by atoms with van der Waals surface area (Å²) in [6, 6.07) is 0. The van der Waals surface area contributed by atoms with E-state index in [-0.39, 0.29) is 19.8 Å². The molecule has 0 aromatic rings. The first-order valence-electron chi connectivity index (χ1n) is 7.08. The molecule has 0 aromatic carbocycles. The lowest BCUT2D eigenvalue weighted by Gasteiger charge is -2.37. The summed E-state index contributed by atoms with van der Waals surface area (Å²) in [4.78, 5) is 0. The molecule has 19 heavy (non-hydrogen) atoms. The van der Waals surface area contributed by atoms with E-state index in [0.717, 1.165) is 13.0 Å². The highest BCUT2D eigenvalue weighted by Gasteiger charge is 2.25. The lowest BCUT2D eigenvalue weighted by molar-refractivity contribution is -0.929. The van der Waals surface area contributed by atoms with E-state index in [9.17, 15) is 0 Å². The molecule has 0 aliphatic rings. The Morgan fingerprint density at radius 3 is 1.58 bits per heavy atom. The van der Waals surface area contributed by atoms with E-state index in [0.29, 0.717) is 50.5 Å². The summed E-state index contributed by atoms with van der Waals surface area (Å²) in [5.74, 6) is 0. The third-order valence-electron chi connectivity index (χ3n) is 3.15. The van der Waals surface area contributed by atoms with Gasteiger partial charge >= 0.3 is 0 Å². The van der Waals surface area contributed by atoms with Gasteiger partial charge in [0.25, 0.3) is 0 Å². The Morgan fingerprint density at radius 1 is 0.684 bits per heavy atom. The van der Waals surface area contributed by atoms with Crippen LogP contribution in [0.1, 0.15) is 13.3 Å². The van der Waals surface area contributed by atoms with E-state index in [4.69, 9.17) is 24.8 Å². The molecular formula is C13H30NO5+. The molecule has 0 saturated carbocycles. The van der Waals surface area contributed by atoms with Crippen LogP contribution in [0.4, 0.5) is 0 Å². The van der Waals surface area contributed by atoms with Gasteiger partial charge in [-0.3, -0.25) is 0 Å². The molecule has 0 heterocycles. The van der Waals surface area contributed by atoms with Crippen molar-refractivity contribution in [3.63, 3.8) is 0 Å². The van der Waals surface area contributed by atoms with Gasteiger partial charge in [0.1, 0.15) is 26.2 Å². The lowest BCUT2D eigenvalue weighted by Crippen LogP contribution is -2.55. The highest BCUT2D eigenvalue weighted by molar-refractivity contribution is 4.45. The summed E-state index contributed by atoms with van der Waals surface area (Å²) in [6.45, 7) is 6.87. The molecule has 0 fully saturated rings. The van der Waals surface area contributed by atoms with Gasteiger partial charge in [0.05, 0.1) is 39.6 Å². The zero-order valence-corrected chi connectivity index (χ0v) is 12.1. The molecule has 3 N–H and O–H groups in total. The van der Waals surface area contributed by atoms with Crippen LogP contribution in [0.25, 0.3) is 0 Å². The van der Waals surface area contributed by atoms with Crippen LogP contribution in [0, 0.1) is 0 Å². The number of aliphatic hydroxyl groups is 3. The van der Waals surface area contributed by atoms with E-state index < -0.39 is 0 Å². The van der Waals surface area contributed by atoms with Crippen molar-refractivity contribution in [1.82, 2.24) is 0 Å². The van der Waals surface area contributed by atoms with E-state index in [2.05, 4.69) is 6.92 Å². The predicted molar refractivity (Wildman–Crippen MR) is 72.9 cm³/mol. The average Bonchev–Trinajstić information content (AvgIpc) is 2.39. The number of rotatable bonds is 14. The minimum absolute atomic E-state index is 0.0413. The molecule has 116 valence electrons. The van der Waals surface area contributed by atoms with Crippen molar-refractivity contribution in [2.45, 2.75) is 13.3 Å². The molecule has 6 heteroatoms. The van der Waals surface area contributed by atoms with Gasteiger partial charge in [-0.2, -0.15) is 0 Å². The van der Waals surface area contributed by atoms with Crippen LogP contribution in [-0.2, 0) is 9.47 Å². The van der Waals surface area contributed by atoms with Crippen LogP contribution < -0.4 is 0 Å². The van der Waals surface area contributed by atoms with Crippen LogP contribution in [0.2, 0.25) is 0 Å². The number of nitrogens with zero attached hydrogens (tertiary/aromatic N) is 1. The number of quaternary nitrogens is 1. The van der Waals surface area contributed by atoms with Gasteiger partial charge in [-0.05, 0) is 6.42 Å². The predicted octanol–water partition coefficient (Wildman–Crippen LogP) is -0.777. The fourth-order valence-electron chi connectivity index (χ4n) is 2.03. The molecule has 0 bridgehead atoms. The molecule has 0 aromatic heterocycles. The number of hydrogen-bond acceptors (Lipinski definition) is 5. The van der Waals surface area contributed by atoms with Gasteiger partial charge in [-0.15, -0.1) is 0 Å². The molecule has 0 radical (unpaired) electrons. The van der Waals surface area contributed by atoms with Crippen molar-refractivity contribution >= 4 is 0 Å². The van der Waals surface area contributed by atoms with Gasteiger partial charge in [-0.25, -0.2) is 0 Å². The van der Waals surface area contributed by atoms with Gasteiger partial charge < -0.3 is 29.3 Å². The quantitative estimate of drug-likeness (QED) is 0.287. The van der Waals surface area contributed by atoms with Crippen LogP contribution in [0.3, 0.4) is 0 Å². The molecule has 0 aliphatic carbocycles. The van der Waals surface area contributed by atoms with Crippen molar-refractivity contribution in [3.05, 3.63) is 0 Å². The normalized spacial score (nSPS) is 12.0. The van der Waals surface area contributed by atoms with Crippen molar-refractivity contribution < 1.29 is 29.3 Å². The molecule has 0 atom stereocenters. The Morgan fingerprint density at radius 2 is 1.16 bits per heavy atom.